The number of nitrogens with zero attached hydrogens (tertiary/aromatic N) is 2. The Kier molecular flexibility index (Phi) is 5.47. The Morgan fingerprint density at radius 3 is 2.89 bits per heavy atom. The molecule has 1 heterocycles. The summed E-state index contributed by atoms with van der Waals surface area (Å²) in [5.74, 6) is 0.465. The number of carbonyl (C=O) groups excluding carboxylic acids is 1. The zero-order valence-corrected chi connectivity index (χ0v) is 15.5. The molecule has 0 aliphatic heterocycles. The first-order valence-electron chi connectivity index (χ1n) is 9.46. The first-order chi connectivity index (χ1) is 13.8. The first-order valence-corrected chi connectivity index (χ1v) is 9.46. The topological polar surface area (TPSA) is 79.4 Å². The van der Waals surface area contributed by atoms with Crippen molar-refractivity contribution in [3.63, 3.8) is 0 Å². The van der Waals surface area contributed by atoms with E-state index in [-0.39, 0.29) is 5.91 Å². The zero-order valence-electron chi connectivity index (χ0n) is 15.5. The Hall–Kier alpha value is -3.41. The van der Waals surface area contributed by atoms with Gasteiger partial charge >= 0.3 is 0 Å². The van der Waals surface area contributed by atoms with Crippen LogP contribution in [0.3, 0.4) is 0 Å². The first kappa shape index (κ1) is 18.0. The van der Waals surface area contributed by atoms with Gasteiger partial charge in [-0.25, -0.2) is 5.43 Å². The molecule has 0 atom stereocenters. The third kappa shape index (κ3) is 4.28. The Morgan fingerprint density at radius 1 is 1.14 bits per heavy atom. The average Bonchev–Trinajstić information content (AvgIpc) is 3.18. The third-order valence-corrected chi connectivity index (χ3v) is 4.76. The van der Waals surface area contributed by atoms with Crippen molar-refractivity contribution in [1.82, 2.24) is 15.6 Å². The highest BCUT2D eigenvalue weighted by Crippen LogP contribution is 2.22. The van der Waals surface area contributed by atoms with Crippen LogP contribution in [0, 0.1) is 0 Å². The van der Waals surface area contributed by atoms with Crippen molar-refractivity contribution >= 4 is 12.1 Å². The van der Waals surface area contributed by atoms with Crippen LogP contribution in [0.15, 0.2) is 59.7 Å². The molecule has 0 unspecified atom stereocenters. The summed E-state index contributed by atoms with van der Waals surface area (Å²) in [4.78, 5) is 12.4. The van der Waals surface area contributed by atoms with Crippen LogP contribution < -0.4 is 10.2 Å². The van der Waals surface area contributed by atoms with Crippen molar-refractivity contribution in [2.24, 2.45) is 5.10 Å². The van der Waals surface area contributed by atoms with Gasteiger partial charge in [0.2, 0.25) is 0 Å². The van der Waals surface area contributed by atoms with Gasteiger partial charge in [-0.1, -0.05) is 42.5 Å². The zero-order chi connectivity index (χ0) is 19.2. The average molecular weight is 374 g/mol. The molecule has 2 N–H and O–H groups in total. The van der Waals surface area contributed by atoms with E-state index in [9.17, 15) is 4.79 Å². The number of ether oxygens (including phenoxy) is 1. The molecule has 1 aliphatic rings. The number of benzene rings is 2. The van der Waals surface area contributed by atoms with Gasteiger partial charge in [0.25, 0.3) is 5.91 Å². The predicted molar refractivity (Wildman–Crippen MR) is 108 cm³/mol. The number of aryl methyl sites for hydroxylation is 1. The van der Waals surface area contributed by atoms with Gasteiger partial charge in [-0.3, -0.25) is 9.89 Å². The normalized spacial score (nSPS) is 13.3. The Balaban J connectivity index is 1.35. The second kappa shape index (κ2) is 8.52. The number of carbonyl (C=O) groups is 1. The minimum absolute atomic E-state index is 0.285. The van der Waals surface area contributed by atoms with E-state index < -0.39 is 0 Å². The highest BCUT2D eigenvalue weighted by atomic mass is 16.5. The molecule has 1 aliphatic carbocycles. The largest absolute Gasteiger partial charge is 0.489 e. The number of amides is 1. The number of aromatic amines is 1. The summed E-state index contributed by atoms with van der Waals surface area (Å²) in [6, 6.07) is 17.6. The number of nitrogens with one attached hydrogen (secondary N) is 2. The van der Waals surface area contributed by atoms with E-state index in [0.717, 1.165) is 53.8 Å². The lowest BCUT2D eigenvalue weighted by Crippen LogP contribution is -2.20. The molecule has 0 radical (unpaired) electrons. The molecule has 6 heteroatoms. The minimum Gasteiger partial charge on any atom is -0.489 e. The van der Waals surface area contributed by atoms with E-state index >= 15 is 0 Å². The van der Waals surface area contributed by atoms with Crippen LogP contribution in [0.4, 0.5) is 0 Å². The van der Waals surface area contributed by atoms with E-state index in [4.69, 9.17) is 4.74 Å². The maximum absolute atomic E-state index is 12.4. The van der Waals surface area contributed by atoms with Crippen LogP contribution in [-0.2, 0) is 19.4 Å². The Bertz CT molecular complexity index is 979. The number of fused-ring (bicyclic) bond motifs is 1. The van der Waals surface area contributed by atoms with Gasteiger partial charge < -0.3 is 4.74 Å². The van der Waals surface area contributed by atoms with Gasteiger partial charge in [0.1, 0.15) is 12.4 Å². The van der Waals surface area contributed by atoms with Crippen LogP contribution in [0.2, 0.25) is 0 Å². The molecule has 0 saturated carbocycles. The highest BCUT2D eigenvalue weighted by Gasteiger charge is 2.21. The van der Waals surface area contributed by atoms with Crippen LogP contribution in [0.1, 0.15) is 45.7 Å². The standard InChI is InChI=1S/C22H22N4O2/c27-22(21-19-11-4-5-12-20(19)24-25-21)26-23-14-17-9-6-10-18(13-17)28-15-16-7-2-1-3-8-16/h1-3,6-10,13-14H,4-5,11-12,15H2,(H,24,25)(H,26,27)/b23-14-. The molecule has 0 bridgehead atoms. The minimum atomic E-state index is -0.285. The smallest absolute Gasteiger partial charge is 0.292 e. The number of hydrogen-bond acceptors (Lipinski definition) is 4. The Labute approximate surface area is 163 Å². The molecule has 0 saturated heterocycles. The van der Waals surface area contributed by atoms with Gasteiger partial charge in [0, 0.05) is 11.3 Å². The lowest BCUT2D eigenvalue weighted by Gasteiger charge is -2.10. The maximum Gasteiger partial charge on any atom is 0.292 e. The molecule has 2 aromatic carbocycles. The quantitative estimate of drug-likeness (QED) is 0.511. The van der Waals surface area contributed by atoms with Crippen LogP contribution in [0.5, 0.6) is 5.75 Å². The van der Waals surface area contributed by atoms with E-state index in [1.807, 2.05) is 54.6 Å². The SMILES string of the molecule is O=C(N/N=C\c1cccc(OCc2ccccc2)c1)c1n[nH]c2c1CCCC2. The van der Waals surface area contributed by atoms with Gasteiger partial charge in [-0.05, 0) is 48.9 Å². The molecular formula is C22H22N4O2. The molecular weight excluding hydrogens is 352 g/mol. The molecule has 3 aromatic rings. The van der Waals surface area contributed by atoms with Gasteiger partial charge in [0.15, 0.2) is 5.69 Å². The number of rotatable bonds is 6. The fourth-order valence-electron chi connectivity index (χ4n) is 3.31. The van der Waals surface area contributed by atoms with Crippen molar-refractivity contribution in [2.75, 3.05) is 0 Å². The molecule has 0 spiro atoms. The van der Waals surface area contributed by atoms with E-state index in [2.05, 4.69) is 20.7 Å². The molecule has 1 aromatic heterocycles. The van der Waals surface area contributed by atoms with Crippen LogP contribution >= 0.6 is 0 Å². The predicted octanol–water partition coefficient (Wildman–Crippen LogP) is 3.63. The van der Waals surface area contributed by atoms with Crippen LogP contribution in [0.25, 0.3) is 0 Å². The van der Waals surface area contributed by atoms with E-state index in [1.54, 1.807) is 6.21 Å². The summed E-state index contributed by atoms with van der Waals surface area (Å²) in [5, 5.41) is 11.2. The molecule has 6 nitrogen and oxygen atoms in total. The summed E-state index contributed by atoms with van der Waals surface area (Å²) in [7, 11) is 0. The third-order valence-electron chi connectivity index (χ3n) is 4.76. The van der Waals surface area contributed by atoms with E-state index in [1.165, 1.54) is 0 Å². The molecule has 142 valence electrons. The summed E-state index contributed by atoms with van der Waals surface area (Å²) >= 11 is 0. The van der Waals surface area contributed by atoms with Crippen LogP contribution in [-0.4, -0.2) is 22.3 Å². The van der Waals surface area contributed by atoms with Gasteiger partial charge in [-0.2, -0.15) is 10.2 Å². The molecule has 0 fully saturated rings. The summed E-state index contributed by atoms with van der Waals surface area (Å²) in [6.45, 7) is 0.502. The Morgan fingerprint density at radius 2 is 2.00 bits per heavy atom. The lowest BCUT2D eigenvalue weighted by atomic mass is 9.96. The molecule has 28 heavy (non-hydrogen) atoms. The number of aromatic nitrogens is 2. The van der Waals surface area contributed by atoms with Gasteiger partial charge in [-0.15, -0.1) is 0 Å². The highest BCUT2D eigenvalue weighted by molar-refractivity contribution is 5.94. The summed E-state index contributed by atoms with van der Waals surface area (Å²) in [5.41, 5.74) is 7.07. The molecule has 4 rings (SSSR count). The van der Waals surface area contributed by atoms with E-state index in [0.29, 0.717) is 12.3 Å². The van der Waals surface area contributed by atoms with Crippen molar-refractivity contribution < 1.29 is 9.53 Å². The summed E-state index contributed by atoms with van der Waals surface area (Å²) in [6.07, 6.45) is 5.67. The fourth-order valence-corrected chi connectivity index (χ4v) is 3.31. The number of H-pyrrole nitrogens is 1. The number of hydrazone groups is 1. The molecule has 1 amide bonds. The van der Waals surface area contributed by atoms with Crippen molar-refractivity contribution in [3.8, 4) is 5.75 Å². The van der Waals surface area contributed by atoms with Gasteiger partial charge in [0.05, 0.1) is 6.21 Å². The lowest BCUT2D eigenvalue weighted by molar-refractivity contribution is 0.0949. The monoisotopic (exact) mass is 374 g/mol. The second-order valence-corrected chi connectivity index (χ2v) is 6.78. The van der Waals surface area contributed by atoms with Crippen molar-refractivity contribution in [1.29, 1.82) is 0 Å². The van der Waals surface area contributed by atoms with Crippen molar-refractivity contribution in [3.05, 3.63) is 82.7 Å². The second-order valence-electron chi connectivity index (χ2n) is 6.78. The number of hydrogen-bond donors (Lipinski definition) is 2. The fraction of sp³-hybridized carbons (Fsp3) is 0.227. The van der Waals surface area contributed by atoms with Crippen molar-refractivity contribution in [2.45, 2.75) is 32.3 Å². The summed E-state index contributed by atoms with van der Waals surface area (Å²) < 4.78 is 5.82. The maximum atomic E-state index is 12.4.